The number of aromatic nitrogens is 2. The maximum absolute atomic E-state index is 14.0. The first-order valence-corrected chi connectivity index (χ1v) is 18.5. The predicted molar refractivity (Wildman–Crippen MR) is 199 cm³/mol. The number of nitrogens with zero attached hydrogens (tertiary/aromatic N) is 4. The van der Waals surface area contributed by atoms with Gasteiger partial charge in [-0.1, -0.05) is 35.9 Å². The number of benzene rings is 2. The van der Waals surface area contributed by atoms with Crippen LogP contribution in [-0.4, -0.2) is 98.3 Å². The van der Waals surface area contributed by atoms with E-state index in [9.17, 15) is 9.59 Å². The second kappa shape index (κ2) is 16.2. The van der Waals surface area contributed by atoms with E-state index in [4.69, 9.17) is 35.5 Å². The molecule has 3 aromatic rings. The highest BCUT2D eigenvalue weighted by Gasteiger charge is 2.45. The van der Waals surface area contributed by atoms with E-state index in [2.05, 4.69) is 24.0 Å². The zero-order chi connectivity index (χ0) is 36.1. The van der Waals surface area contributed by atoms with Crippen molar-refractivity contribution in [3.63, 3.8) is 0 Å². The fourth-order valence-electron chi connectivity index (χ4n) is 8.19. The third-order valence-corrected chi connectivity index (χ3v) is 11.6. The van der Waals surface area contributed by atoms with Gasteiger partial charge in [-0.2, -0.15) is 0 Å². The Morgan fingerprint density at radius 1 is 1.00 bits per heavy atom. The molecule has 0 bridgehead atoms. The van der Waals surface area contributed by atoms with Gasteiger partial charge in [-0.15, -0.1) is 0 Å². The fourth-order valence-corrected chi connectivity index (χ4v) is 8.34. The van der Waals surface area contributed by atoms with Crippen molar-refractivity contribution in [3.05, 3.63) is 70.5 Å². The van der Waals surface area contributed by atoms with Gasteiger partial charge in [0.05, 0.1) is 39.0 Å². The first-order chi connectivity index (χ1) is 24.7. The lowest BCUT2D eigenvalue weighted by molar-refractivity contribution is 0.0726. The van der Waals surface area contributed by atoms with Crippen LogP contribution in [0.2, 0.25) is 0 Å². The van der Waals surface area contributed by atoms with Gasteiger partial charge in [-0.25, -0.2) is 4.98 Å². The van der Waals surface area contributed by atoms with E-state index in [1.54, 1.807) is 33.5 Å². The highest BCUT2D eigenvalue weighted by molar-refractivity contribution is 6.32. The summed E-state index contributed by atoms with van der Waals surface area (Å²) < 4.78 is 24.2. The van der Waals surface area contributed by atoms with E-state index in [1.807, 2.05) is 40.7 Å². The maximum Gasteiger partial charge on any atom is 0.254 e. The van der Waals surface area contributed by atoms with Crippen LogP contribution in [0.5, 0.6) is 17.2 Å². The van der Waals surface area contributed by atoms with Crippen molar-refractivity contribution >= 4 is 34.3 Å². The number of carbonyl (C=O) groups excluding carboxylic acids is 2. The number of hydrogen-bond acceptors (Lipinski definition) is 8. The molecule has 1 aliphatic carbocycles. The average Bonchev–Trinajstić information content (AvgIpc) is 3.77. The predicted octanol–water partition coefficient (Wildman–Crippen LogP) is 7.00. The minimum absolute atomic E-state index is 0.0483. The molecular weight excluding hydrogens is 668 g/mol. The van der Waals surface area contributed by atoms with Gasteiger partial charge in [0.1, 0.15) is 0 Å². The number of likely N-dealkylation sites (tertiary alicyclic amines) is 2. The van der Waals surface area contributed by atoms with Gasteiger partial charge in [-0.3, -0.25) is 9.59 Å². The Labute approximate surface area is 306 Å². The van der Waals surface area contributed by atoms with E-state index in [0.717, 1.165) is 73.4 Å². The van der Waals surface area contributed by atoms with Crippen LogP contribution in [0, 0.1) is 17.3 Å². The second-order valence-corrected chi connectivity index (χ2v) is 14.4. The minimum Gasteiger partial charge on any atom is -0.493 e. The van der Waals surface area contributed by atoms with Crippen molar-refractivity contribution in [3.8, 4) is 17.2 Å². The van der Waals surface area contributed by atoms with Crippen LogP contribution in [0.1, 0.15) is 66.9 Å². The van der Waals surface area contributed by atoms with Gasteiger partial charge < -0.3 is 33.3 Å². The zero-order valence-electron chi connectivity index (χ0n) is 30.6. The molecule has 51 heavy (non-hydrogen) atoms. The Bertz CT molecular complexity index is 1770. The molecule has 6 rings (SSSR count). The van der Waals surface area contributed by atoms with Crippen molar-refractivity contribution in [2.75, 3.05) is 67.3 Å². The van der Waals surface area contributed by atoms with Crippen LogP contribution >= 0.6 is 11.6 Å². The average molecular weight is 719 g/mol. The fraction of sp³-hybridized carbons (Fsp3) is 0.525. The number of para-hydroxylation sites is 2. The Hall–Kier alpha value is -3.86. The molecule has 0 saturated carbocycles. The zero-order valence-corrected chi connectivity index (χ0v) is 31.3. The standard InChI is InChI=1S/C40H51ClN4O6/c1-6-51-22-21-45-33-10-8-7-9-32(33)42-38(45)36(46)28-13-17-43(18-14-28)19-15-40(30-11-12-31(41)27(2)23-30)16-20-44(26-40)39(47)29-24-34(48-3)37(50-5)35(25-29)49-4/h7-10,12,23-25,28,30H,6,11,13-22,26H2,1-5H3. The number of ether oxygens (including phenoxy) is 4. The number of amides is 1. The van der Waals surface area contributed by atoms with Crippen molar-refractivity contribution in [2.45, 2.75) is 52.5 Å². The second-order valence-electron chi connectivity index (χ2n) is 14.0. The summed E-state index contributed by atoms with van der Waals surface area (Å²) in [4.78, 5) is 37.2. The van der Waals surface area contributed by atoms with Gasteiger partial charge in [0.15, 0.2) is 17.3 Å². The summed E-state index contributed by atoms with van der Waals surface area (Å²) in [6.45, 7) is 9.75. The third kappa shape index (κ3) is 7.69. The number of halogens is 1. The number of hydrogen-bond donors (Lipinski definition) is 0. The number of fused-ring (bicyclic) bond motifs is 1. The molecule has 2 unspecified atom stereocenters. The molecule has 0 spiro atoms. The monoisotopic (exact) mass is 718 g/mol. The first kappa shape index (κ1) is 36.9. The number of allylic oxidation sites excluding steroid dienone is 4. The molecule has 0 radical (unpaired) electrons. The summed E-state index contributed by atoms with van der Waals surface area (Å²) in [5.74, 6) is 2.21. The molecule has 3 heterocycles. The molecule has 2 aliphatic heterocycles. The van der Waals surface area contributed by atoms with Crippen molar-refractivity contribution in [2.24, 2.45) is 17.3 Å². The third-order valence-electron chi connectivity index (χ3n) is 11.2. The number of methoxy groups -OCH3 is 3. The van der Waals surface area contributed by atoms with E-state index >= 15 is 0 Å². The summed E-state index contributed by atoms with van der Waals surface area (Å²) in [6, 6.07) is 11.4. The summed E-state index contributed by atoms with van der Waals surface area (Å²) in [7, 11) is 4.67. The highest BCUT2D eigenvalue weighted by atomic mass is 35.5. The van der Waals surface area contributed by atoms with E-state index < -0.39 is 0 Å². The topological polar surface area (TPSA) is 95.4 Å². The Morgan fingerprint density at radius 2 is 1.73 bits per heavy atom. The largest absolute Gasteiger partial charge is 0.493 e. The smallest absolute Gasteiger partial charge is 0.254 e. The lowest BCUT2D eigenvalue weighted by Crippen LogP contribution is -2.42. The van der Waals surface area contributed by atoms with Crippen LogP contribution in [-0.2, 0) is 11.3 Å². The van der Waals surface area contributed by atoms with Crippen molar-refractivity contribution in [1.29, 1.82) is 0 Å². The first-order valence-electron chi connectivity index (χ1n) is 18.1. The molecule has 2 aromatic carbocycles. The van der Waals surface area contributed by atoms with Gasteiger partial charge in [0.25, 0.3) is 5.91 Å². The molecule has 0 N–H and O–H groups in total. The Morgan fingerprint density at radius 3 is 2.39 bits per heavy atom. The summed E-state index contributed by atoms with van der Waals surface area (Å²) in [5, 5.41) is 0.808. The molecule has 2 saturated heterocycles. The number of Topliss-reactive ketones (excluding diaryl/α,β-unsaturated/α-hetero) is 1. The van der Waals surface area contributed by atoms with Crippen LogP contribution < -0.4 is 14.2 Å². The van der Waals surface area contributed by atoms with Crippen LogP contribution in [0.15, 0.2) is 59.2 Å². The van der Waals surface area contributed by atoms with Crippen molar-refractivity contribution < 1.29 is 28.5 Å². The van der Waals surface area contributed by atoms with Gasteiger partial charge in [0.2, 0.25) is 11.5 Å². The van der Waals surface area contributed by atoms with Gasteiger partial charge in [0, 0.05) is 42.8 Å². The summed E-state index contributed by atoms with van der Waals surface area (Å²) in [5.41, 5.74) is 3.31. The quantitative estimate of drug-likeness (QED) is 0.130. The van der Waals surface area contributed by atoms with Gasteiger partial charge in [-0.05, 0) is 107 Å². The van der Waals surface area contributed by atoms with Crippen LogP contribution in [0.4, 0.5) is 0 Å². The molecule has 2 fully saturated rings. The van der Waals surface area contributed by atoms with E-state index in [0.29, 0.717) is 61.5 Å². The lowest BCUT2D eigenvalue weighted by atomic mass is 9.68. The molecular formula is C40H51ClN4O6. The molecule has 2 atom stereocenters. The Balaban J connectivity index is 1.14. The number of rotatable bonds is 14. The normalized spacial score (nSPS) is 21.5. The van der Waals surface area contributed by atoms with Gasteiger partial charge >= 0.3 is 0 Å². The SMILES string of the molecule is CCOCCn1c(C(=O)C2CCN(CCC3(C4C=C(C)C(Cl)=CC4)CCN(C(=O)c4cc(OC)c(OC)c(OC)c4)C3)CC2)nc2ccccc21. The lowest BCUT2D eigenvalue weighted by Gasteiger charge is -2.40. The molecule has 1 amide bonds. The van der Waals surface area contributed by atoms with Crippen LogP contribution in [0.3, 0.4) is 0 Å². The Kier molecular flexibility index (Phi) is 11.7. The molecule has 274 valence electrons. The van der Waals surface area contributed by atoms with Crippen molar-refractivity contribution in [1.82, 2.24) is 19.4 Å². The number of ketones is 1. The van der Waals surface area contributed by atoms with E-state index in [-0.39, 0.29) is 28.9 Å². The van der Waals surface area contributed by atoms with Crippen LogP contribution in [0.25, 0.3) is 11.0 Å². The minimum atomic E-state index is -0.107. The number of carbonyl (C=O) groups is 2. The molecule has 11 heteroatoms. The summed E-state index contributed by atoms with van der Waals surface area (Å²) >= 11 is 6.52. The summed E-state index contributed by atoms with van der Waals surface area (Å²) in [6.07, 6.45) is 8.74. The highest BCUT2D eigenvalue weighted by Crippen LogP contribution is 2.47. The number of imidazole rings is 1. The molecule has 3 aliphatic rings. The molecule has 1 aromatic heterocycles. The van der Waals surface area contributed by atoms with E-state index in [1.165, 1.54) is 0 Å². The number of piperidine rings is 1. The molecule has 10 nitrogen and oxygen atoms in total. The maximum atomic E-state index is 14.0.